The molecule has 1 aromatic carbocycles. The number of fused-ring (bicyclic) bond motifs is 1. The average Bonchev–Trinajstić information content (AvgIpc) is 2.27. The molecule has 3 nitrogen and oxygen atoms in total. The first-order valence-corrected chi connectivity index (χ1v) is 6.00. The fraction of sp³-hybridized carbons (Fsp3) is 0.429. The number of aromatic nitrogens is 2. The summed E-state index contributed by atoms with van der Waals surface area (Å²) in [5.74, 6) is 0.716. The van der Waals surface area contributed by atoms with Crippen molar-refractivity contribution in [1.29, 1.82) is 0 Å². The molecule has 0 aliphatic rings. The van der Waals surface area contributed by atoms with Gasteiger partial charge in [-0.05, 0) is 17.9 Å². The molecule has 3 heteroatoms. The van der Waals surface area contributed by atoms with Gasteiger partial charge in [0.25, 0.3) is 0 Å². The van der Waals surface area contributed by atoms with E-state index in [2.05, 4.69) is 36.1 Å². The van der Waals surface area contributed by atoms with Crippen LogP contribution < -0.4 is 5.32 Å². The highest BCUT2D eigenvalue weighted by atomic mass is 15.1. The molecule has 0 spiro atoms. The highest BCUT2D eigenvalue weighted by Crippen LogP contribution is 2.18. The lowest BCUT2D eigenvalue weighted by Crippen LogP contribution is -2.14. The second kappa shape index (κ2) is 4.70. The van der Waals surface area contributed by atoms with Gasteiger partial charge >= 0.3 is 0 Å². The molecule has 0 amide bonds. The molecule has 0 saturated heterocycles. The largest absolute Gasteiger partial charge is 0.354 e. The molecule has 0 radical (unpaired) electrons. The minimum atomic E-state index is 0.337. The summed E-state index contributed by atoms with van der Waals surface area (Å²) in [4.78, 5) is 8.78. The Morgan fingerprint density at radius 3 is 2.71 bits per heavy atom. The number of nitrogens with zero attached hydrogens (tertiary/aromatic N) is 2. The van der Waals surface area contributed by atoms with E-state index in [0.717, 1.165) is 23.9 Å². The third-order valence-electron chi connectivity index (χ3n) is 2.65. The van der Waals surface area contributed by atoms with Gasteiger partial charge < -0.3 is 5.32 Å². The van der Waals surface area contributed by atoms with Crippen molar-refractivity contribution in [2.24, 2.45) is 5.41 Å². The zero-order valence-corrected chi connectivity index (χ0v) is 10.7. The Bertz CT molecular complexity index is 500. The van der Waals surface area contributed by atoms with Gasteiger partial charge in [0.1, 0.15) is 0 Å². The third kappa shape index (κ3) is 3.41. The van der Waals surface area contributed by atoms with Crippen LogP contribution in [0.3, 0.4) is 0 Å². The lowest BCUT2D eigenvalue weighted by atomic mass is 9.92. The Kier molecular flexibility index (Phi) is 3.27. The Morgan fingerprint density at radius 2 is 1.94 bits per heavy atom. The van der Waals surface area contributed by atoms with Crippen molar-refractivity contribution in [2.45, 2.75) is 27.2 Å². The van der Waals surface area contributed by atoms with E-state index < -0.39 is 0 Å². The Balaban J connectivity index is 2.04. The maximum absolute atomic E-state index is 4.47. The summed E-state index contributed by atoms with van der Waals surface area (Å²) in [5, 5.41) is 4.35. The molecule has 2 rings (SSSR count). The van der Waals surface area contributed by atoms with E-state index in [1.807, 2.05) is 30.5 Å². The van der Waals surface area contributed by atoms with Crippen LogP contribution in [0.15, 0.2) is 30.5 Å². The number of benzene rings is 1. The highest BCUT2D eigenvalue weighted by Gasteiger charge is 2.09. The fourth-order valence-electron chi connectivity index (χ4n) is 1.61. The molecule has 0 atom stereocenters. The van der Waals surface area contributed by atoms with Gasteiger partial charge in [-0.2, -0.15) is 0 Å². The molecular weight excluding hydrogens is 210 g/mol. The van der Waals surface area contributed by atoms with E-state index >= 15 is 0 Å². The zero-order valence-electron chi connectivity index (χ0n) is 10.7. The van der Waals surface area contributed by atoms with E-state index in [1.54, 1.807) is 0 Å². The number of para-hydroxylation sites is 1. The van der Waals surface area contributed by atoms with E-state index in [0.29, 0.717) is 11.4 Å². The number of nitrogens with one attached hydrogen (secondary N) is 1. The summed E-state index contributed by atoms with van der Waals surface area (Å²) < 4.78 is 0. The first kappa shape index (κ1) is 11.8. The van der Waals surface area contributed by atoms with Crippen LogP contribution in [0.2, 0.25) is 0 Å². The van der Waals surface area contributed by atoms with Crippen molar-refractivity contribution in [2.75, 3.05) is 11.9 Å². The Hall–Kier alpha value is -1.64. The first-order valence-electron chi connectivity index (χ1n) is 6.00. The minimum Gasteiger partial charge on any atom is -0.354 e. The van der Waals surface area contributed by atoms with E-state index in [4.69, 9.17) is 0 Å². The third-order valence-corrected chi connectivity index (χ3v) is 2.65. The van der Waals surface area contributed by atoms with E-state index in [-0.39, 0.29) is 0 Å². The van der Waals surface area contributed by atoms with E-state index in [9.17, 15) is 0 Å². The van der Waals surface area contributed by atoms with Gasteiger partial charge in [-0.15, -0.1) is 0 Å². The van der Waals surface area contributed by atoms with Crippen LogP contribution in [-0.4, -0.2) is 16.5 Å². The topological polar surface area (TPSA) is 37.8 Å². The van der Waals surface area contributed by atoms with Gasteiger partial charge in [0.05, 0.1) is 5.52 Å². The normalized spacial score (nSPS) is 11.7. The second-order valence-electron chi connectivity index (χ2n) is 5.49. The van der Waals surface area contributed by atoms with Crippen LogP contribution in [0, 0.1) is 5.41 Å². The highest BCUT2D eigenvalue weighted by molar-refractivity contribution is 5.78. The molecule has 17 heavy (non-hydrogen) atoms. The van der Waals surface area contributed by atoms with E-state index in [1.165, 1.54) is 0 Å². The van der Waals surface area contributed by atoms with Crippen molar-refractivity contribution in [1.82, 2.24) is 9.97 Å². The number of hydrogen-bond donors (Lipinski definition) is 1. The van der Waals surface area contributed by atoms with Crippen LogP contribution in [0.25, 0.3) is 10.9 Å². The first-order chi connectivity index (χ1) is 8.04. The molecular formula is C14H19N3. The summed E-state index contributed by atoms with van der Waals surface area (Å²) in [6, 6.07) is 8.02. The van der Waals surface area contributed by atoms with Crippen molar-refractivity contribution in [3.05, 3.63) is 30.5 Å². The summed E-state index contributed by atoms with van der Waals surface area (Å²) in [6.45, 7) is 7.60. The van der Waals surface area contributed by atoms with Gasteiger partial charge in [-0.25, -0.2) is 9.97 Å². The lowest BCUT2D eigenvalue weighted by Gasteiger charge is -2.17. The standard InChI is InChI=1S/C14H19N3/c1-14(2,3)8-9-15-13-16-10-11-6-4-5-7-12(11)17-13/h4-7,10H,8-9H2,1-3H3,(H,15,16,17). The maximum atomic E-state index is 4.47. The molecule has 1 heterocycles. The SMILES string of the molecule is CC(C)(C)CCNc1ncc2ccccc2n1. The van der Waals surface area contributed by atoms with Gasteiger partial charge in [0, 0.05) is 18.1 Å². The van der Waals surface area contributed by atoms with Gasteiger partial charge in [0.15, 0.2) is 0 Å². The number of hydrogen-bond acceptors (Lipinski definition) is 3. The Labute approximate surface area is 102 Å². The molecule has 0 aliphatic carbocycles. The van der Waals surface area contributed by atoms with Crippen LogP contribution in [0.5, 0.6) is 0 Å². The molecule has 0 saturated carbocycles. The molecule has 0 bridgehead atoms. The average molecular weight is 229 g/mol. The quantitative estimate of drug-likeness (QED) is 0.875. The fourth-order valence-corrected chi connectivity index (χ4v) is 1.61. The molecule has 1 aromatic heterocycles. The molecule has 0 unspecified atom stereocenters. The maximum Gasteiger partial charge on any atom is 0.223 e. The Morgan fingerprint density at radius 1 is 1.18 bits per heavy atom. The predicted molar refractivity (Wildman–Crippen MR) is 72.1 cm³/mol. The summed E-state index contributed by atoms with van der Waals surface area (Å²) in [7, 11) is 0. The van der Waals surface area contributed by atoms with Crippen LogP contribution in [0.1, 0.15) is 27.2 Å². The summed E-state index contributed by atoms with van der Waals surface area (Å²) in [5.41, 5.74) is 1.32. The van der Waals surface area contributed by atoms with Gasteiger partial charge in [-0.3, -0.25) is 0 Å². The number of rotatable bonds is 3. The number of anilines is 1. The van der Waals surface area contributed by atoms with Crippen LogP contribution in [0.4, 0.5) is 5.95 Å². The second-order valence-corrected chi connectivity index (χ2v) is 5.49. The monoisotopic (exact) mass is 229 g/mol. The smallest absolute Gasteiger partial charge is 0.223 e. The van der Waals surface area contributed by atoms with Crippen molar-refractivity contribution < 1.29 is 0 Å². The van der Waals surface area contributed by atoms with Crippen molar-refractivity contribution in [3.8, 4) is 0 Å². The summed E-state index contributed by atoms with van der Waals surface area (Å²) >= 11 is 0. The summed E-state index contributed by atoms with van der Waals surface area (Å²) in [6.07, 6.45) is 2.96. The molecule has 0 aliphatic heterocycles. The van der Waals surface area contributed by atoms with Crippen LogP contribution >= 0.6 is 0 Å². The predicted octanol–water partition coefficient (Wildman–Crippen LogP) is 3.48. The molecule has 2 aromatic rings. The lowest BCUT2D eigenvalue weighted by molar-refractivity contribution is 0.389. The van der Waals surface area contributed by atoms with Gasteiger partial charge in [-0.1, -0.05) is 39.0 Å². The zero-order chi connectivity index (χ0) is 12.3. The molecule has 90 valence electrons. The van der Waals surface area contributed by atoms with Gasteiger partial charge in [0.2, 0.25) is 5.95 Å². The van der Waals surface area contributed by atoms with Crippen molar-refractivity contribution >= 4 is 16.9 Å². The minimum absolute atomic E-state index is 0.337. The van der Waals surface area contributed by atoms with Crippen molar-refractivity contribution in [3.63, 3.8) is 0 Å². The molecule has 1 N–H and O–H groups in total. The van der Waals surface area contributed by atoms with Crippen LogP contribution in [-0.2, 0) is 0 Å². The molecule has 0 fully saturated rings.